The first-order valence-electron chi connectivity index (χ1n) is 14.2. The Morgan fingerprint density at radius 1 is 0.905 bits per heavy atom. The Balaban J connectivity index is 1.19. The van der Waals surface area contributed by atoms with E-state index in [9.17, 15) is 19.7 Å². The smallest absolute Gasteiger partial charge is 0.293 e. The van der Waals surface area contributed by atoms with Gasteiger partial charge in [0.1, 0.15) is 5.69 Å². The first-order chi connectivity index (χ1) is 20.3. The molecule has 0 radical (unpaired) electrons. The van der Waals surface area contributed by atoms with Gasteiger partial charge in [0.05, 0.1) is 15.6 Å². The van der Waals surface area contributed by atoms with Gasteiger partial charge in [-0.3, -0.25) is 19.7 Å². The molecule has 0 saturated carbocycles. The lowest BCUT2D eigenvalue weighted by molar-refractivity contribution is -0.384. The molecule has 0 unspecified atom stereocenters. The molecule has 3 aromatic rings. The van der Waals surface area contributed by atoms with E-state index in [1.807, 2.05) is 52.3 Å². The van der Waals surface area contributed by atoms with Crippen molar-refractivity contribution in [1.82, 2.24) is 4.90 Å². The molecule has 5 rings (SSSR count). The number of halogens is 1. The summed E-state index contributed by atoms with van der Waals surface area (Å²) in [7, 11) is 0. The third-order valence-corrected chi connectivity index (χ3v) is 8.22. The maximum atomic E-state index is 13.0. The normalized spacial score (nSPS) is 16.1. The van der Waals surface area contributed by atoms with Crippen LogP contribution in [0.15, 0.2) is 72.8 Å². The monoisotopic (exact) mass is 587 g/mol. The molecule has 10 heteroatoms. The number of benzene rings is 3. The first kappa shape index (κ1) is 29.1. The summed E-state index contributed by atoms with van der Waals surface area (Å²) in [4.78, 5) is 43.0. The minimum atomic E-state index is -0.448. The molecule has 9 nitrogen and oxygen atoms in total. The number of nitrogens with one attached hydrogen (secondary N) is 1. The second kappa shape index (κ2) is 13.1. The number of rotatable bonds is 7. The van der Waals surface area contributed by atoms with Gasteiger partial charge in [0.25, 0.3) is 11.6 Å². The number of amides is 2. The number of piperidine rings is 1. The van der Waals surface area contributed by atoms with Crippen molar-refractivity contribution in [3.63, 3.8) is 0 Å². The maximum absolute atomic E-state index is 13.0. The summed E-state index contributed by atoms with van der Waals surface area (Å²) in [6.45, 7) is 6.10. The molecule has 2 heterocycles. The van der Waals surface area contributed by atoms with E-state index in [1.165, 1.54) is 6.07 Å². The number of nitro groups is 1. The first-order valence-corrected chi connectivity index (χ1v) is 14.6. The fraction of sp³-hybridized carbons (Fsp3) is 0.312. The number of nitrogens with zero attached hydrogens (tertiary/aromatic N) is 4. The van der Waals surface area contributed by atoms with Gasteiger partial charge in [-0.15, -0.1) is 0 Å². The SMILES string of the molecule is CC1CCN(c2ccc(C(=O)Nc3ccc(N4CCN(C(=O)/C=C/c5ccccc5)CC4)c(Cl)c3)cc2[N+](=O)[O-])CC1. The minimum absolute atomic E-state index is 0.0264. The minimum Gasteiger partial charge on any atom is -0.367 e. The van der Waals surface area contributed by atoms with Gasteiger partial charge < -0.3 is 20.0 Å². The number of carbonyl (C=O) groups excluding carboxylic acids is 2. The second-order valence-electron chi connectivity index (χ2n) is 10.8. The van der Waals surface area contributed by atoms with Gasteiger partial charge in [-0.25, -0.2) is 0 Å². The van der Waals surface area contributed by atoms with E-state index in [2.05, 4.69) is 17.1 Å². The van der Waals surface area contributed by atoms with Crippen LogP contribution >= 0.6 is 11.6 Å². The van der Waals surface area contributed by atoms with Gasteiger partial charge in [-0.05, 0) is 60.7 Å². The predicted octanol–water partition coefficient (Wildman–Crippen LogP) is 6.10. The van der Waals surface area contributed by atoms with Gasteiger partial charge in [0, 0.05) is 62.7 Å². The molecule has 2 amide bonds. The molecule has 2 fully saturated rings. The van der Waals surface area contributed by atoms with Crippen LogP contribution < -0.4 is 15.1 Å². The van der Waals surface area contributed by atoms with Crippen LogP contribution in [-0.2, 0) is 4.79 Å². The zero-order valence-electron chi connectivity index (χ0n) is 23.5. The molecule has 0 atom stereocenters. The molecule has 42 heavy (non-hydrogen) atoms. The standard InChI is InChI=1S/C32H34ClN5O4/c1-23-13-15-35(16-14-23)29-10-8-25(21-30(29)38(41)42)32(40)34-26-9-11-28(27(33)22-26)36-17-19-37(20-18-36)31(39)12-7-24-5-3-2-4-6-24/h2-12,21-23H,13-20H2,1H3,(H,34,40)/b12-7+. The average molecular weight is 588 g/mol. The van der Waals surface area contributed by atoms with Crippen LogP contribution in [0.3, 0.4) is 0 Å². The number of anilines is 3. The Bertz CT molecular complexity index is 1480. The summed E-state index contributed by atoms with van der Waals surface area (Å²) in [6.07, 6.45) is 5.39. The molecule has 3 aromatic carbocycles. The number of piperazine rings is 1. The van der Waals surface area contributed by atoms with Gasteiger partial charge >= 0.3 is 0 Å². The number of hydrogen-bond donors (Lipinski definition) is 1. The van der Waals surface area contributed by atoms with E-state index in [0.29, 0.717) is 48.5 Å². The predicted molar refractivity (Wildman–Crippen MR) is 167 cm³/mol. The lowest BCUT2D eigenvalue weighted by Gasteiger charge is -2.36. The van der Waals surface area contributed by atoms with Crippen molar-refractivity contribution in [2.24, 2.45) is 5.92 Å². The second-order valence-corrected chi connectivity index (χ2v) is 11.2. The third-order valence-electron chi connectivity index (χ3n) is 7.91. The van der Waals surface area contributed by atoms with Gasteiger partial charge in [-0.1, -0.05) is 48.9 Å². The molecule has 0 aliphatic carbocycles. The highest BCUT2D eigenvalue weighted by Crippen LogP contribution is 2.33. The zero-order chi connectivity index (χ0) is 29.6. The van der Waals surface area contributed by atoms with Gasteiger partial charge in [0.2, 0.25) is 5.91 Å². The van der Waals surface area contributed by atoms with Crippen molar-refractivity contribution < 1.29 is 14.5 Å². The van der Waals surface area contributed by atoms with Crippen LogP contribution in [0, 0.1) is 16.0 Å². The lowest BCUT2D eigenvalue weighted by atomic mass is 9.98. The summed E-state index contributed by atoms with van der Waals surface area (Å²) in [5.41, 5.74) is 2.97. The summed E-state index contributed by atoms with van der Waals surface area (Å²) in [6, 6.07) is 19.6. The highest BCUT2D eigenvalue weighted by atomic mass is 35.5. The molecule has 0 bridgehead atoms. The van der Waals surface area contributed by atoms with Crippen LogP contribution in [0.1, 0.15) is 35.7 Å². The largest absolute Gasteiger partial charge is 0.367 e. The molecule has 2 aliphatic heterocycles. The zero-order valence-corrected chi connectivity index (χ0v) is 24.3. The molecule has 0 aromatic heterocycles. The van der Waals surface area contributed by atoms with Crippen molar-refractivity contribution in [1.29, 1.82) is 0 Å². The maximum Gasteiger partial charge on any atom is 0.293 e. The third kappa shape index (κ3) is 6.91. The summed E-state index contributed by atoms with van der Waals surface area (Å²) >= 11 is 6.61. The number of carbonyl (C=O) groups is 2. The number of nitro benzene ring substituents is 1. The quantitative estimate of drug-likeness (QED) is 0.204. The van der Waals surface area contributed by atoms with E-state index in [4.69, 9.17) is 11.6 Å². The van der Waals surface area contributed by atoms with E-state index in [0.717, 1.165) is 37.2 Å². The van der Waals surface area contributed by atoms with Crippen LogP contribution in [0.2, 0.25) is 5.02 Å². The van der Waals surface area contributed by atoms with Crippen LogP contribution in [0.4, 0.5) is 22.7 Å². The summed E-state index contributed by atoms with van der Waals surface area (Å²) in [5, 5.41) is 15.1. The van der Waals surface area contributed by atoms with Crippen molar-refractivity contribution in [3.05, 3.63) is 99.1 Å². The summed E-state index contributed by atoms with van der Waals surface area (Å²) in [5.74, 6) is 0.128. The van der Waals surface area contributed by atoms with Crippen molar-refractivity contribution >= 4 is 52.2 Å². The molecular weight excluding hydrogens is 554 g/mol. The van der Waals surface area contributed by atoms with Gasteiger partial charge in [-0.2, -0.15) is 0 Å². The van der Waals surface area contributed by atoms with E-state index >= 15 is 0 Å². The lowest BCUT2D eigenvalue weighted by Crippen LogP contribution is -2.48. The number of hydrogen-bond acceptors (Lipinski definition) is 6. The Labute approximate surface area is 250 Å². The fourth-order valence-corrected chi connectivity index (χ4v) is 5.68. The topological polar surface area (TPSA) is 99.0 Å². The van der Waals surface area contributed by atoms with Crippen molar-refractivity contribution in [2.75, 3.05) is 54.4 Å². The molecule has 0 spiro atoms. The van der Waals surface area contributed by atoms with E-state index < -0.39 is 10.8 Å². The fourth-order valence-electron chi connectivity index (χ4n) is 5.38. The molecule has 218 valence electrons. The Morgan fingerprint density at radius 2 is 1.57 bits per heavy atom. The highest BCUT2D eigenvalue weighted by Gasteiger charge is 2.25. The van der Waals surface area contributed by atoms with Gasteiger partial charge in [0.15, 0.2) is 0 Å². The van der Waals surface area contributed by atoms with Crippen LogP contribution in [-0.4, -0.2) is 60.9 Å². The Hall–Kier alpha value is -4.37. The van der Waals surface area contributed by atoms with Crippen molar-refractivity contribution in [3.8, 4) is 0 Å². The van der Waals surface area contributed by atoms with Crippen molar-refractivity contribution in [2.45, 2.75) is 19.8 Å². The summed E-state index contributed by atoms with van der Waals surface area (Å²) < 4.78 is 0. The highest BCUT2D eigenvalue weighted by molar-refractivity contribution is 6.33. The Kier molecular flexibility index (Phi) is 9.07. The molecule has 2 aliphatic rings. The van der Waals surface area contributed by atoms with E-state index in [1.54, 1.807) is 30.3 Å². The Morgan fingerprint density at radius 3 is 2.24 bits per heavy atom. The van der Waals surface area contributed by atoms with Crippen LogP contribution in [0.25, 0.3) is 6.08 Å². The molecule has 2 saturated heterocycles. The average Bonchev–Trinajstić information content (AvgIpc) is 3.00. The molecule has 1 N–H and O–H groups in total. The van der Waals surface area contributed by atoms with Crippen LogP contribution in [0.5, 0.6) is 0 Å². The molecular formula is C32H34ClN5O4. The van der Waals surface area contributed by atoms with E-state index in [-0.39, 0.29) is 17.2 Å².